The van der Waals surface area contributed by atoms with Crippen molar-refractivity contribution in [2.75, 3.05) is 20.2 Å². The summed E-state index contributed by atoms with van der Waals surface area (Å²) in [5.41, 5.74) is 8.42. The standard InChI is InChI=1S/C20H25N3O3/c1-15-5-3-4-6-17(15)12-23(2)13-20(25)22-11-16-7-9-18(10-8-16)26-14-19(21)24/h3-10H,11-14H2,1-2H3,(H2,21,24)(H,22,25). The molecule has 6 nitrogen and oxygen atoms in total. The molecule has 0 heterocycles. The number of nitrogens with one attached hydrogen (secondary N) is 1. The molecule has 138 valence electrons. The fourth-order valence-corrected chi connectivity index (χ4v) is 2.49. The summed E-state index contributed by atoms with van der Waals surface area (Å²) in [6, 6.07) is 15.3. The summed E-state index contributed by atoms with van der Waals surface area (Å²) in [5, 5.41) is 2.90. The van der Waals surface area contributed by atoms with Gasteiger partial charge < -0.3 is 15.8 Å². The fourth-order valence-electron chi connectivity index (χ4n) is 2.49. The molecule has 0 fully saturated rings. The van der Waals surface area contributed by atoms with Crippen molar-refractivity contribution >= 4 is 11.8 Å². The van der Waals surface area contributed by atoms with Gasteiger partial charge in [0.05, 0.1) is 6.54 Å². The molecule has 0 aliphatic heterocycles. The van der Waals surface area contributed by atoms with Crippen LogP contribution in [0, 0.1) is 6.92 Å². The van der Waals surface area contributed by atoms with Crippen molar-refractivity contribution in [1.82, 2.24) is 10.2 Å². The van der Waals surface area contributed by atoms with E-state index < -0.39 is 5.91 Å². The van der Waals surface area contributed by atoms with Gasteiger partial charge in [-0.05, 0) is 42.8 Å². The number of aryl methyl sites for hydroxylation is 1. The predicted molar refractivity (Wildman–Crippen MR) is 100 cm³/mol. The highest BCUT2D eigenvalue weighted by atomic mass is 16.5. The molecule has 2 aromatic rings. The van der Waals surface area contributed by atoms with Gasteiger partial charge in [-0.3, -0.25) is 14.5 Å². The molecule has 0 aromatic heterocycles. The number of likely N-dealkylation sites (N-methyl/N-ethyl adjacent to an activating group) is 1. The summed E-state index contributed by atoms with van der Waals surface area (Å²) in [5.74, 6) is 0.0168. The van der Waals surface area contributed by atoms with Gasteiger partial charge in [-0.1, -0.05) is 36.4 Å². The highest BCUT2D eigenvalue weighted by Crippen LogP contribution is 2.12. The molecule has 0 radical (unpaired) electrons. The Hall–Kier alpha value is -2.86. The van der Waals surface area contributed by atoms with Gasteiger partial charge in [-0.15, -0.1) is 0 Å². The molecule has 0 spiro atoms. The largest absolute Gasteiger partial charge is 0.484 e. The lowest BCUT2D eigenvalue weighted by Gasteiger charge is -2.17. The Morgan fingerprint density at radius 2 is 1.81 bits per heavy atom. The molecule has 0 bridgehead atoms. The van der Waals surface area contributed by atoms with Crippen molar-refractivity contribution in [3.05, 3.63) is 65.2 Å². The van der Waals surface area contributed by atoms with E-state index in [1.54, 1.807) is 12.1 Å². The monoisotopic (exact) mass is 355 g/mol. The number of rotatable bonds is 9. The molecule has 6 heteroatoms. The van der Waals surface area contributed by atoms with Crippen molar-refractivity contribution in [2.45, 2.75) is 20.0 Å². The molecular weight excluding hydrogens is 330 g/mol. The first-order chi connectivity index (χ1) is 12.4. The predicted octanol–water partition coefficient (Wildman–Crippen LogP) is 1.61. The van der Waals surface area contributed by atoms with Crippen LogP contribution in [0.4, 0.5) is 0 Å². The number of primary amides is 1. The third-order valence-corrected chi connectivity index (χ3v) is 3.91. The molecule has 0 saturated carbocycles. The molecule has 0 saturated heterocycles. The third-order valence-electron chi connectivity index (χ3n) is 3.91. The minimum absolute atomic E-state index is 0.0323. The van der Waals surface area contributed by atoms with Crippen molar-refractivity contribution in [3.63, 3.8) is 0 Å². The van der Waals surface area contributed by atoms with E-state index in [-0.39, 0.29) is 12.5 Å². The molecule has 0 atom stereocenters. The number of hydrogen-bond acceptors (Lipinski definition) is 4. The van der Waals surface area contributed by atoms with Crippen LogP contribution in [0.5, 0.6) is 5.75 Å². The van der Waals surface area contributed by atoms with Crippen molar-refractivity contribution in [3.8, 4) is 5.75 Å². The number of carbonyl (C=O) groups is 2. The highest BCUT2D eigenvalue weighted by Gasteiger charge is 2.08. The molecule has 0 aliphatic rings. The highest BCUT2D eigenvalue weighted by molar-refractivity contribution is 5.78. The van der Waals surface area contributed by atoms with Crippen LogP contribution in [0.2, 0.25) is 0 Å². The fraction of sp³-hybridized carbons (Fsp3) is 0.300. The van der Waals surface area contributed by atoms with E-state index in [1.807, 2.05) is 36.2 Å². The lowest BCUT2D eigenvalue weighted by atomic mass is 10.1. The maximum Gasteiger partial charge on any atom is 0.255 e. The van der Waals surface area contributed by atoms with E-state index in [4.69, 9.17) is 10.5 Å². The smallest absolute Gasteiger partial charge is 0.255 e. The number of ether oxygens (including phenoxy) is 1. The third kappa shape index (κ3) is 6.57. The number of hydrogen-bond donors (Lipinski definition) is 2. The molecule has 26 heavy (non-hydrogen) atoms. The summed E-state index contributed by atoms with van der Waals surface area (Å²) in [7, 11) is 1.93. The van der Waals surface area contributed by atoms with Gasteiger partial charge >= 0.3 is 0 Å². The average molecular weight is 355 g/mol. The van der Waals surface area contributed by atoms with Gasteiger partial charge in [0.2, 0.25) is 5.91 Å². The quantitative estimate of drug-likeness (QED) is 0.716. The maximum absolute atomic E-state index is 12.1. The lowest BCUT2D eigenvalue weighted by Crippen LogP contribution is -2.34. The van der Waals surface area contributed by atoms with E-state index in [1.165, 1.54) is 11.1 Å². The Kier molecular flexibility index (Phi) is 7.17. The lowest BCUT2D eigenvalue weighted by molar-refractivity contribution is -0.122. The van der Waals surface area contributed by atoms with E-state index in [9.17, 15) is 9.59 Å². The maximum atomic E-state index is 12.1. The number of benzene rings is 2. The molecule has 2 aromatic carbocycles. The Labute approximate surface area is 153 Å². The zero-order chi connectivity index (χ0) is 18.9. The van der Waals surface area contributed by atoms with Crippen molar-refractivity contribution in [1.29, 1.82) is 0 Å². The first kappa shape index (κ1) is 19.5. The van der Waals surface area contributed by atoms with Gasteiger partial charge in [-0.25, -0.2) is 0 Å². The topological polar surface area (TPSA) is 84.7 Å². The first-order valence-electron chi connectivity index (χ1n) is 8.44. The van der Waals surface area contributed by atoms with Crippen LogP contribution in [0.3, 0.4) is 0 Å². The average Bonchev–Trinajstić information content (AvgIpc) is 2.61. The van der Waals surface area contributed by atoms with Crippen LogP contribution in [0.25, 0.3) is 0 Å². The van der Waals surface area contributed by atoms with Gasteiger partial charge in [0.25, 0.3) is 5.91 Å². The van der Waals surface area contributed by atoms with Gasteiger partial charge in [0.15, 0.2) is 6.61 Å². The van der Waals surface area contributed by atoms with E-state index in [2.05, 4.69) is 24.4 Å². The summed E-state index contributed by atoms with van der Waals surface area (Å²) >= 11 is 0. The second-order valence-electron chi connectivity index (χ2n) is 6.27. The molecule has 0 aliphatic carbocycles. The van der Waals surface area contributed by atoms with E-state index in [0.29, 0.717) is 18.8 Å². The zero-order valence-electron chi connectivity index (χ0n) is 15.2. The number of nitrogens with two attached hydrogens (primary N) is 1. The van der Waals surface area contributed by atoms with Gasteiger partial charge in [-0.2, -0.15) is 0 Å². The summed E-state index contributed by atoms with van der Waals surface area (Å²) in [6.07, 6.45) is 0. The van der Waals surface area contributed by atoms with Crippen LogP contribution in [-0.2, 0) is 22.7 Å². The summed E-state index contributed by atoms with van der Waals surface area (Å²) in [6.45, 7) is 3.41. The van der Waals surface area contributed by atoms with E-state index in [0.717, 1.165) is 12.1 Å². The summed E-state index contributed by atoms with van der Waals surface area (Å²) < 4.78 is 5.20. The Balaban J connectivity index is 1.75. The normalized spacial score (nSPS) is 10.6. The van der Waals surface area contributed by atoms with Gasteiger partial charge in [0.1, 0.15) is 5.75 Å². The van der Waals surface area contributed by atoms with Crippen LogP contribution in [0.1, 0.15) is 16.7 Å². The summed E-state index contributed by atoms with van der Waals surface area (Å²) in [4.78, 5) is 24.8. The number of nitrogens with zero attached hydrogens (tertiary/aromatic N) is 1. The molecule has 2 rings (SSSR count). The van der Waals surface area contributed by atoms with Crippen LogP contribution < -0.4 is 15.8 Å². The minimum Gasteiger partial charge on any atom is -0.484 e. The van der Waals surface area contributed by atoms with Gasteiger partial charge in [0, 0.05) is 13.1 Å². The second kappa shape index (κ2) is 9.58. The second-order valence-corrected chi connectivity index (χ2v) is 6.27. The van der Waals surface area contributed by atoms with Crippen molar-refractivity contribution in [2.24, 2.45) is 5.73 Å². The first-order valence-corrected chi connectivity index (χ1v) is 8.44. The molecule has 0 unspecified atom stereocenters. The van der Waals surface area contributed by atoms with Crippen LogP contribution in [-0.4, -0.2) is 36.9 Å². The SMILES string of the molecule is Cc1ccccc1CN(C)CC(=O)NCc1ccc(OCC(N)=O)cc1. The van der Waals surface area contributed by atoms with Crippen LogP contribution >= 0.6 is 0 Å². The Bertz CT molecular complexity index is 744. The number of amides is 2. The number of carbonyl (C=O) groups excluding carboxylic acids is 2. The Morgan fingerprint density at radius 1 is 1.12 bits per heavy atom. The zero-order valence-corrected chi connectivity index (χ0v) is 15.2. The van der Waals surface area contributed by atoms with E-state index >= 15 is 0 Å². The van der Waals surface area contributed by atoms with Crippen molar-refractivity contribution < 1.29 is 14.3 Å². The minimum atomic E-state index is -0.517. The molecular formula is C20H25N3O3. The Morgan fingerprint density at radius 3 is 2.46 bits per heavy atom. The van der Waals surface area contributed by atoms with Crippen LogP contribution in [0.15, 0.2) is 48.5 Å². The molecule has 3 N–H and O–H groups in total. The molecule has 2 amide bonds.